The Morgan fingerprint density at radius 3 is 2.36 bits per heavy atom. The number of hydrogen-bond donors (Lipinski definition) is 1. The van der Waals surface area contributed by atoms with Gasteiger partial charge in [-0.15, -0.1) is 0 Å². The normalized spacial score (nSPS) is 10.6. The van der Waals surface area contributed by atoms with Crippen LogP contribution in [0.5, 0.6) is 17.2 Å². The van der Waals surface area contributed by atoms with Gasteiger partial charge in [0, 0.05) is 6.08 Å². The molecule has 142 valence electrons. The Kier molecular flexibility index (Phi) is 6.85. The third-order valence-electron chi connectivity index (χ3n) is 3.90. The summed E-state index contributed by atoms with van der Waals surface area (Å²) < 4.78 is 11.4. The van der Waals surface area contributed by atoms with Crippen molar-refractivity contribution in [1.82, 2.24) is 0 Å². The van der Waals surface area contributed by atoms with E-state index in [1.165, 1.54) is 6.08 Å². The quantitative estimate of drug-likeness (QED) is 0.499. The van der Waals surface area contributed by atoms with Crippen LogP contribution in [0.25, 0.3) is 6.08 Å². The standard InChI is InChI=1S/C24H23NO3/c1-2-18-27-20-15-12-19(13-16-20)14-17-24(26)25-22-10-6-7-11-23(22)28-21-8-4-3-5-9-21/h3-17H,2,18H2,1H3,(H,25,26)/b17-14+. The van der Waals surface area contributed by atoms with Crippen molar-refractivity contribution in [3.05, 3.63) is 90.5 Å². The molecule has 4 nitrogen and oxygen atoms in total. The second-order valence-corrected chi connectivity index (χ2v) is 6.15. The van der Waals surface area contributed by atoms with E-state index in [1.54, 1.807) is 6.08 Å². The molecule has 0 bridgehead atoms. The van der Waals surface area contributed by atoms with E-state index in [0.29, 0.717) is 23.8 Å². The van der Waals surface area contributed by atoms with Gasteiger partial charge in [0.25, 0.3) is 0 Å². The molecular formula is C24H23NO3. The Morgan fingerprint density at radius 2 is 1.61 bits per heavy atom. The molecule has 0 atom stereocenters. The molecule has 0 spiro atoms. The molecule has 0 aliphatic rings. The van der Waals surface area contributed by atoms with Crippen molar-refractivity contribution in [2.75, 3.05) is 11.9 Å². The van der Waals surface area contributed by atoms with E-state index in [9.17, 15) is 4.79 Å². The Labute approximate surface area is 165 Å². The molecule has 0 saturated heterocycles. The second-order valence-electron chi connectivity index (χ2n) is 6.15. The Hall–Kier alpha value is -3.53. The lowest BCUT2D eigenvalue weighted by molar-refractivity contribution is -0.111. The van der Waals surface area contributed by atoms with Gasteiger partial charge < -0.3 is 14.8 Å². The second kappa shape index (κ2) is 9.97. The highest BCUT2D eigenvalue weighted by atomic mass is 16.5. The van der Waals surface area contributed by atoms with Crippen molar-refractivity contribution in [2.24, 2.45) is 0 Å². The predicted octanol–water partition coefficient (Wildman–Crippen LogP) is 5.92. The van der Waals surface area contributed by atoms with Gasteiger partial charge in [-0.05, 0) is 54.5 Å². The minimum absolute atomic E-state index is 0.226. The fraction of sp³-hybridized carbons (Fsp3) is 0.125. The molecule has 0 radical (unpaired) electrons. The first-order chi connectivity index (χ1) is 13.7. The molecule has 4 heteroatoms. The molecule has 1 amide bonds. The van der Waals surface area contributed by atoms with Gasteiger partial charge in [-0.3, -0.25) is 4.79 Å². The Morgan fingerprint density at radius 1 is 0.893 bits per heavy atom. The number of ether oxygens (including phenoxy) is 2. The molecule has 3 aromatic rings. The molecule has 0 unspecified atom stereocenters. The zero-order chi connectivity index (χ0) is 19.6. The van der Waals surface area contributed by atoms with Crippen LogP contribution in [0.15, 0.2) is 84.9 Å². The van der Waals surface area contributed by atoms with Crippen LogP contribution >= 0.6 is 0 Å². The summed E-state index contributed by atoms with van der Waals surface area (Å²) >= 11 is 0. The van der Waals surface area contributed by atoms with Crippen LogP contribution < -0.4 is 14.8 Å². The van der Waals surface area contributed by atoms with E-state index in [0.717, 1.165) is 17.7 Å². The maximum Gasteiger partial charge on any atom is 0.248 e. The highest BCUT2D eigenvalue weighted by molar-refractivity contribution is 6.02. The molecule has 0 saturated carbocycles. The summed E-state index contributed by atoms with van der Waals surface area (Å²) in [5.41, 5.74) is 1.54. The van der Waals surface area contributed by atoms with E-state index in [1.807, 2.05) is 78.9 Å². The van der Waals surface area contributed by atoms with Crippen LogP contribution in [0.3, 0.4) is 0 Å². The number of rotatable bonds is 8. The molecule has 3 rings (SSSR count). The SMILES string of the molecule is CCCOc1ccc(/C=C/C(=O)Nc2ccccc2Oc2ccccc2)cc1. The van der Waals surface area contributed by atoms with Crippen LogP contribution in [-0.4, -0.2) is 12.5 Å². The molecular weight excluding hydrogens is 350 g/mol. The number of carbonyl (C=O) groups is 1. The maximum absolute atomic E-state index is 12.3. The number of amides is 1. The molecule has 0 aliphatic heterocycles. The molecule has 1 N–H and O–H groups in total. The van der Waals surface area contributed by atoms with Crippen molar-refractivity contribution >= 4 is 17.7 Å². The fourth-order valence-electron chi connectivity index (χ4n) is 2.52. The van der Waals surface area contributed by atoms with Gasteiger partial charge in [0.15, 0.2) is 5.75 Å². The first kappa shape index (κ1) is 19.2. The van der Waals surface area contributed by atoms with Crippen LogP contribution in [0.1, 0.15) is 18.9 Å². The summed E-state index contributed by atoms with van der Waals surface area (Å²) in [6.07, 6.45) is 4.23. The maximum atomic E-state index is 12.3. The highest BCUT2D eigenvalue weighted by Gasteiger charge is 2.06. The van der Waals surface area contributed by atoms with Crippen molar-refractivity contribution in [1.29, 1.82) is 0 Å². The van der Waals surface area contributed by atoms with E-state index >= 15 is 0 Å². The van der Waals surface area contributed by atoms with Gasteiger partial charge in [0.1, 0.15) is 11.5 Å². The van der Waals surface area contributed by atoms with Gasteiger partial charge in [-0.25, -0.2) is 0 Å². The summed E-state index contributed by atoms with van der Waals surface area (Å²) in [6, 6.07) is 24.4. The van der Waals surface area contributed by atoms with Crippen molar-refractivity contribution < 1.29 is 14.3 Å². The third kappa shape index (κ3) is 5.74. The first-order valence-corrected chi connectivity index (χ1v) is 9.28. The minimum Gasteiger partial charge on any atom is -0.494 e. The van der Waals surface area contributed by atoms with Gasteiger partial charge in [0.05, 0.1) is 12.3 Å². The number of benzene rings is 3. The zero-order valence-electron chi connectivity index (χ0n) is 15.8. The lowest BCUT2D eigenvalue weighted by Crippen LogP contribution is -2.08. The van der Waals surface area contributed by atoms with Crippen molar-refractivity contribution in [3.63, 3.8) is 0 Å². The average molecular weight is 373 g/mol. The number of anilines is 1. The topological polar surface area (TPSA) is 47.6 Å². The summed E-state index contributed by atoms with van der Waals surface area (Å²) in [5, 5.41) is 2.86. The van der Waals surface area contributed by atoms with E-state index in [2.05, 4.69) is 12.2 Å². The van der Waals surface area contributed by atoms with Gasteiger partial charge in [-0.1, -0.05) is 49.4 Å². The summed E-state index contributed by atoms with van der Waals surface area (Å²) in [4.78, 5) is 12.3. The lowest BCUT2D eigenvalue weighted by Gasteiger charge is -2.11. The van der Waals surface area contributed by atoms with Crippen LogP contribution in [0, 0.1) is 0 Å². The summed E-state index contributed by atoms with van der Waals surface area (Å²) in [6.45, 7) is 2.76. The highest BCUT2D eigenvalue weighted by Crippen LogP contribution is 2.29. The van der Waals surface area contributed by atoms with Gasteiger partial charge in [0.2, 0.25) is 5.91 Å². The number of nitrogens with one attached hydrogen (secondary N) is 1. The molecule has 0 aromatic heterocycles. The molecule has 0 heterocycles. The number of hydrogen-bond acceptors (Lipinski definition) is 3. The fourth-order valence-corrected chi connectivity index (χ4v) is 2.52. The van der Waals surface area contributed by atoms with Gasteiger partial charge >= 0.3 is 0 Å². The summed E-state index contributed by atoms with van der Waals surface area (Å²) in [7, 11) is 0. The number of carbonyl (C=O) groups excluding carboxylic acids is 1. The first-order valence-electron chi connectivity index (χ1n) is 9.28. The van der Waals surface area contributed by atoms with Gasteiger partial charge in [-0.2, -0.15) is 0 Å². The lowest BCUT2D eigenvalue weighted by atomic mass is 10.2. The zero-order valence-corrected chi connectivity index (χ0v) is 15.8. The minimum atomic E-state index is -0.226. The molecule has 3 aromatic carbocycles. The van der Waals surface area contributed by atoms with Crippen LogP contribution in [-0.2, 0) is 4.79 Å². The van der Waals surface area contributed by atoms with E-state index in [4.69, 9.17) is 9.47 Å². The largest absolute Gasteiger partial charge is 0.494 e. The van der Waals surface area contributed by atoms with E-state index < -0.39 is 0 Å². The van der Waals surface area contributed by atoms with Crippen molar-refractivity contribution in [2.45, 2.75) is 13.3 Å². The molecule has 0 fully saturated rings. The van der Waals surface area contributed by atoms with Crippen LogP contribution in [0.4, 0.5) is 5.69 Å². The Bertz CT molecular complexity index is 918. The monoisotopic (exact) mass is 373 g/mol. The van der Waals surface area contributed by atoms with Crippen molar-refractivity contribution in [3.8, 4) is 17.2 Å². The van der Waals surface area contributed by atoms with E-state index in [-0.39, 0.29) is 5.91 Å². The average Bonchev–Trinajstić information content (AvgIpc) is 2.74. The third-order valence-corrected chi connectivity index (χ3v) is 3.90. The molecule has 28 heavy (non-hydrogen) atoms. The van der Waals surface area contributed by atoms with Crippen LogP contribution in [0.2, 0.25) is 0 Å². The smallest absolute Gasteiger partial charge is 0.248 e. The number of para-hydroxylation sites is 3. The predicted molar refractivity (Wildman–Crippen MR) is 113 cm³/mol. The summed E-state index contributed by atoms with van der Waals surface area (Å²) in [5.74, 6) is 1.91. The molecule has 0 aliphatic carbocycles. The Balaban J connectivity index is 1.62.